The van der Waals surface area contributed by atoms with Crippen molar-refractivity contribution in [1.82, 2.24) is 0 Å². The fourth-order valence-electron chi connectivity index (χ4n) is 12.9. The van der Waals surface area contributed by atoms with Gasteiger partial charge in [-0.2, -0.15) is 0 Å². The second kappa shape index (κ2) is 17.1. The Hall–Kier alpha value is -7.68. The fraction of sp³-hybridized carbons (Fsp3) is 0.176. The molecule has 10 aromatic carbocycles. The molecule has 12 rings (SSSR count). The van der Waals surface area contributed by atoms with Crippen molar-refractivity contribution in [3.05, 3.63) is 240 Å². The van der Waals surface area contributed by atoms with Gasteiger partial charge in [-0.3, -0.25) is 0 Å². The summed E-state index contributed by atoms with van der Waals surface area (Å²) >= 11 is 0. The zero-order valence-electron chi connectivity index (χ0n) is 41.4. The molecule has 10 aromatic rings. The maximum atomic E-state index is 2.54. The van der Waals surface area contributed by atoms with Gasteiger partial charge in [0.1, 0.15) is 0 Å². The predicted octanol–water partition coefficient (Wildman–Crippen LogP) is 19.4. The van der Waals surface area contributed by atoms with Crippen LogP contribution >= 0.6 is 0 Å². The van der Waals surface area contributed by atoms with Crippen LogP contribution in [-0.4, -0.2) is 0 Å². The second-order valence-electron chi connectivity index (χ2n) is 19.8. The third kappa shape index (κ3) is 6.53. The van der Waals surface area contributed by atoms with Crippen LogP contribution in [0.15, 0.2) is 206 Å². The van der Waals surface area contributed by atoms with Gasteiger partial charge in [0.25, 0.3) is 0 Å². The van der Waals surface area contributed by atoms with Crippen LogP contribution in [0.1, 0.15) is 86.8 Å². The molecular formula is C68H60N2. The number of anilines is 6. The molecule has 0 unspecified atom stereocenters. The minimum absolute atomic E-state index is 0.0178. The molecule has 0 spiro atoms. The summed E-state index contributed by atoms with van der Waals surface area (Å²) < 4.78 is 0. The Bertz CT molecular complexity index is 3550. The van der Waals surface area contributed by atoms with Crippen LogP contribution in [-0.2, 0) is 10.8 Å². The SMILES string of the molecule is CCC1(CC)c2ccccc2-c2ccc(N(c3ccc(C)cc3)c3ccc(-c4c5ccccc5c(N(c5ccc(C)cc5)c5ccc6c(c5)C(CC)(CC)c5ccccc5-6)c5ccccc45)cc3)cc21. The molecule has 0 heterocycles. The Balaban J connectivity index is 1.03. The quantitative estimate of drug-likeness (QED) is 0.119. The fourth-order valence-corrected chi connectivity index (χ4v) is 12.9. The van der Waals surface area contributed by atoms with E-state index in [1.807, 2.05) is 0 Å². The molecule has 2 heteroatoms. The van der Waals surface area contributed by atoms with Gasteiger partial charge in [0.05, 0.1) is 5.69 Å². The molecule has 0 aromatic heterocycles. The van der Waals surface area contributed by atoms with Crippen LogP contribution in [0, 0.1) is 13.8 Å². The van der Waals surface area contributed by atoms with E-state index in [-0.39, 0.29) is 10.8 Å². The van der Waals surface area contributed by atoms with Crippen molar-refractivity contribution < 1.29 is 0 Å². The van der Waals surface area contributed by atoms with Crippen molar-refractivity contribution in [2.24, 2.45) is 0 Å². The van der Waals surface area contributed by atoms with E-state index in [0.29, 0.717) is 0 Å². The third-order valence-corrected chi connectivity index (χ3v) is 16.6. The lowest BCUT2D eigenvalue weighted by Gasteiger charge is -2.33. The van der Waals surface area contributed by atoms with Gasteiger partial charge in [0, 0.05) is 50.0 Å². The molecule has 0 radical (unpaired) electrons. The number of fused-ring (bicyclic) bond motifs is 8. The monoisotopic (exact) mass is 904 g/mol. The summed E-state index contributed by atoms with van der Waals surface area (Å²) in [6.45, 7) is 13.8. The average molecular weight is 905 g/mol. The number of hydrogen-bond donors (Lipinski definition) is 0. The van der Waals surface area contributed by atoms with Crippen molar-refractivity contribution in [1.29, 1.82) is 0 Å². The van der Waals surface area contributed by atoms with Gasteiger partial charge in [-0.1, -0.05) is 184 Å². The van der Waals surface area contributed by atoms with Gasteiger partial charge >= 0.3 is 0 Å². The molecule has 0 bridgehead atoms. The van der Waals surface area contributed by atoms with Gasteiger partial charge in [0.2, 0.25) is 0 Å². The zero-order valence-corrected chi connectivity index (χ0v) is 41.4. The van der Waals surface area contributed by atoms with Crippen LogP contribution < -0.4 is 9.80 Å². The Morgan fingerprint density at radius 3 is 1.10 bits per heavy atom. The largest absolute Gasteiger partial charge is 0.310 e. The smallest absolute Gasteiger partial charge is 0.0618 e. The van der Waals surface area contributed by atoms with Crippen LogP contribution in [0.5, 0.6) is 0 Å². The summed E-state index contributed by atoms with van der Waals surface area (Å²) in [5.74, 6) is 0. The first-order valence-corrected chi connectivity index (χ1v) is 25.6. The molecule has 0 atom stereocenters. The number of rotatable bonds is 11. The minimum atomic E-state index is -0.0436. The van der Waals surface area contributed by atoms with Crippen molar-refractivity contribution in [2.45, 2.75) is 78.1 Å². The van der Waals surface area contributed by atoms with Gasteiger partial charge in [-0.15, -0.1) is 0 Å². The number of nitrogens with zero attached hydrogens (tertiary/aromatic N) is 2. The lowest BCUT2D eigenvalue weighted by atomic mass is 9.74. The van der Waals surface area contributed by atoms with Crippen molar-refractivity contribution >= 4 is 55.7 Å². The Labute approximate surface area is 414 Å². The van der Waals surface area contributed by atoms with E-state index in [1.54, 1.807) is 0 Å². The summed E-state index contributed by atoms with van der Waals surface area (Å²) in [5.41, 5.74) is 23.1. The van der Waals surface area contributed by atoms with Crippen LogP contribution in [0.4, 0.5) is 34.1 Å². The van der Waals surface area contributed by atoms with Crippen molar-refractivity contribution in [3.63, 3.8) is 0 Å². The normalized spacial score (nSPS) is 13.7. The molecule has 0 fully saturated rings. The van der Waals surface area contributed by atoms with E-state index in [4.69, 9.17) is 0 Å². The van der Waals surface area contributed by atoms with Crippen LogP contribution in [0.3, 0.4) is 0 Å². The highest BCUT2D eigenvalue weighted by atomic mass is 15.1. The van der Waals surface area contributed by atoms with Crippen LogP contribution in [0.2, 0.25) is 0 Å². The van der Waals surface area contributed by atoms with E-state index < -0.39 is 0 Å². The maximum Gasteiger partial charge on any atom is 0.0618 e. The highest BCUT2D eigenvalue weighted by Gasteiger charge is 2.42. The van der Waals surface area contributed by atoms with Gasteiger partial charge in [0.15, 0.2) is 0 Å². The summed E-state index contributed by atoms with van der Waals surface area (Å²) in [4.78, 5) is 4.99. The zero-order chi connectivity index (χ0) is 47.7. The molecule has 2 aliphatic rings. The first kappa shape index (κ1) is 43.6. The summed E-state index contributed by atoms with van der Waals surface area (Å²) in [7, 11) is 0. The van der Waals surface area contributed by atoms with Gasteiger partial charge in [-0.05, 0) is 167 Å². The maximum absolute atomic E-state index is 2.54. The molecule has 70 heavy (non-hydrogen) atoms. The van der Waals surface area contributed by atoms with Crippen LogP contribution in [0.25, 0.3) is 54.9 Å². The summed E-state index contributed by atoms with van der Waals surface area (Å²) in [6.07, 6.45) is 4.20. The summed E-state index contributed by atoms with van der Waals surface area (Å²) in [5, 5.41) is 4.90. The lowest BCUT2D eigenvalue weighted by Crippen LogP contribution is -2.23. The van der Waals surface area contributed by atoms with Crippen molar-refractivity contribution in [2.75, 3.05) is 9.80 Å². The molecule has 342 valence electrons. The standard InChI is InChI=1S/C68H60N2/c1-7-67(8-2)61-25-17-15-19-53(61)55-41-39-51(43-63(55)67)69(48-33-27-45(5)28-34-48)49-37-31-47(32-38-49)65-57-21-11-13-23-59(57)66(60-24-14-12-22-58(60)65)70(50-35-29-46(6)30-36-50)52-40-42-56-54-20-16-18-26-62(54)68(9-3,10-4)64(56)44-52/h11-44H,7-10H2,1-6H3. The van der Waals surface area contributed by atoms with Gasteiger partial charge < -0.3 is 9.80 Å². The topological polar surface area (TPSA) is 6.48 Å². The molecule has 0 N–H and O–H groups in total. The molecule has 0 amide bonds. The summed E-state index contributed by atoms with van der Waals surface area (Å²) in [6, 6.07) is 78.2. The van der Waals surface area contributed by atoms with Gasteiger partial charge in [-0.25, -0.2) is 0 Å². The second-order valence-corrected chi connectivity index (χ2v) is 19.8. The predicted molar refractivity (Wildman–Crippen MR) is 299 cm³/mol. The highest BCUT2D eigenvalue weighted by Crippen LogP contribution is 2.57. The van der Waals surface area contributed by atoms with Crippen molar-refractivity contribution in [3.8, 4) is 33.4 Å². The third-order valence-electron chi connectivity index (χ3n) is 16.6. The Morgan fingerprint density at radius 1 is 0.314 bits per heavy atom. The van der Waals surface area contributed by atoms with E-state index in [0.717, 1.165) is 42.7 Å². The average Bonchev–Trinajstić information content (AvgIpc) is 3.86. The first-order chi connectivity index (χ1) is 34.3. The van der Waals surface area contributed by atoms with E-state index in [1.165, 1.54) is 105 Å². The molecule has 0 aliphatic heterocycles. The minimum Gasteiger partial charge on any atom is -0.310 e. The molecule has 2 nitrogen and oxygen atoms in total. The van der Waals surface area contributed by atoms with E-state index >= 15 is 0 Å². The molecule has 0 saturated heterocycles. The number of benzene rings is 10. The highest BCUT2D eigenvalue weighted by molar-refractivity contribution is 6.22. The van der Waals surface area contributed by atoms with E-state index in [2.05, 4.69) is 258 Å². The molecular weight excluding hydrogens is 845 g/mol. The van der Waals surface area contributed by atoms with E-state index in [9.17, 15) is 0 Å². The number of aryl methyl sites for hydroxylation is 2. The first-order valence-electron chi connectivity index (χ1n) is 25.6. The Morgan fingerprint density at radius 2 is 0.657 bits per heavy atom. The molecule has 2 aliphatic carbocycles. The lowest BCUT2D eigenvalue weighted by molar-refractivity contribution is 0.490. The number of hydrogen-bond acceptors (Lipinski definition) is 2. The molecule has 0 saturated carbocycles. The Kier molecular flexibility index (Phi) is 10.6.